The summed E-state index contributed by atoms with van der Waals surface area (Å²) in [6.45, 7) is 1.79. The van der Waals surface area contributed by atoms with Gasteiger partial charge in [-0.15, -0.1) is 4.40 Å². The molecule has 1 heterocycles. The number of benzene rings is 1. The lowest BCUT2D eigenvalue weighted by atomic mass is 10.1. The van der Waals surface area contributed by atoms with Crippen LogP contribution in [-0.2, 0) is 10.3 Å². The number of rotatable bonds is 0. The van der Waals surface area contributed by atoms with Gasteiger partial charge in [0.2, 0.25) is 0 Å². The molecule has 0 unspecified atom stereocenters. The van der Waals surface area contributed by atoms with Gasteiger partial charge < -0.3 is 4.18 Å². The minimum absolute atomic E-state index is 0.373. The number of hydrogen-bond donors (Lipinski definition) is 0. The fraction of sp³-hybridized carbons (Fsp3) is 0.125. The lowest BCUT2D eigenvalue weighted by Crippen LogP contribution is -2.12. The molecule has 0 fully saturated rings. The van der Waals surface area contributed by atoms with Crippen molar-refractivity contribution in [3.8, 4) is 5.75 Å². The van der Waals surface area contributed by atoms with E-state index < -0.39 is 10.3 Å². The molecule has 5 heteroatoms. The second kappa shape index (κ2) is 2.56. The maximum atomic E-state index is 10.9. The largest absolute Gasteiger partial charge is 0.428 e. The van der Waals surface area contributed by atoms with Crippen molar-refractivity contribution in [1.82, 2.24) is 0 Å². The molecular formula is C8H7NO3S. The zero-order chi connectivity index (χ0) is 9.47. The highest BCUT2D eigenvalue weighted by Crippen LogP contribution is 2.26. The highest BCUT2D eigenvalue weighted by molar-refractivity contribution is 7.86. The predicted molar refractivity (Wildman–Crippen MR) is 48.3 cm³/mol. The summed E-state index contributed by atoms with van der Waals surface area (Å²) in [4.78, 5) is 0. The summed E-state index contributed by atoms with van der Waals surface area (Å²) in [6.07, 6.45) is 1.29. The molecule has 0 amide bonds. The minimum atomic E-state index is -3.75. The van der Waals surface area contributed by atoms with Crippen LogP contribution < -0.4 is 4.18 Å². The average molecular weight is 197 g/mol. The van der Waals surface area contributed by atoms with E-state index in [0.29, 0.717) is 11.3 Å². The molecule has 1 aromatic rings. The smallest absolute Gasteiger partial charge is 0.365 e. The molecule has 0 aromatic heterocycles. The number of fused-ring (bicyclic) bond motifs is 1. The Hall–Kier alpha value is -1.36. The maximum absolute atomic E-state index is 10.9. The summed E-state index contributed by atoms with van der Waals surface area (Å²) in [5.74, 6) is 0.373. The van der Waals surface area contributed by atoms with Gasteiger partial charge in [0.25, 0.3) is 0 Å². The van der Waals surface area contributed by atoms with Gasteiger partial charge in [0.15, 0.2) is 5.75 Å². The molecule has 0 aliphatic carbocycles. The van der Waals surface area contributed by atoms with Gasteiger partial charge in [-0.25, -0.2) is 0 Å². The van der Waals surface area contributed by atoms with Crippen LogP contribution in [0.4, 0.5) is 0 Å². The van der Waals surface area contributed by atoms with Gasteiger partial charge in [-0.1, -0.05) is 12.1 Å². The lowest BCUT2D eigenvalue weighted by molar-refractivity contribution is 0.483. The van der Waals surface area contributed by atoms with Crippen LogP contribution in [0.15, 0.2) is 22.6 Å². The Morgan fingerprint density at radius 3 is 2.92 bits per heavy atom. The molecule has 1 aliphatic heterocycles. The summed E-state index contributed by atoms with van der Waals surface area (Å²) in [5, 5.41) is 0. The molecule has 68 valence electrons. The molecule has 0 atom stereocenters. The summed E-state index contributed by atoms with van der Waals surface area (Å²) >= 11 is 0. The fourth-order valence-electron chi connectivity index (χ4n) is 1.14. The molecular weight excluding hydrogens is 190 g/mol. The van der Waals surface area contributed by atoms with Crippen LogP contribution in [0.5, 0.6) is 5.75 Å². The summed E-state index contributed by atoms with van der Waals surface area (Å²) in [6, 6.07) is 5.36. The third kappa shape index (κ3) is 1.42. The van der Waals surface area contributed by atoms with Crippen LogP contribution in [0, 0.1) is 6.92 Å². The van der Waals surface area contributed by atoms with E-state index in [9.17, 15) is 8.42 Å². The number of aryl methyl sites for hydroxylation is 1. The van der Waals surface area contributed by atoms with Crippen molar-refractivity contribution in [3.63, 3.8) is 0 Å². The molecule has 2 rings (SSSR count). The van der Waals surface area contributed by atoms with E-state index in [1.807, 2.05) is 6.07 Å². The van der Waals surface area contributed by atoms with Gasteiger partial charge >= 0.3 is 10.3 Å². The van der Waals surface area contributed by atoms with Crippen molar-refractivity contribution in [2.75, 3.05) is 0 Å². The highest BCUT2D eigenvalue weighted by atomic mass is 32.2. The van der Waals surface area contributed by atoms with Gasteiger partial charge in [-0.3, -0.25) is 0 Å². The van der Waals surface area contributed by atoms with E-state index in [4.69, 9.17) is 4.18 Å². The molecule has 0 spiro atoms. The van der Waals surface area contributed by atoms with Crippen LogP contribution in [0.2, 0.25) is 0 Å². The van der Waals surface area contributed by atoms with Gasteiger partial charge in [-0.2, -0.15) is 8.42 Å². The average Bonchev–Trinajstić information content (AvgIpc) is 2.06. The van der Waals surface area contributed by atoms with Crippen LogP contribution in [0.3, 0.4) is 0 Å². The third-order valence-electron chi connectivity index (χ3n) is 1.75. The van der Waals surface area contributed by atoms with E-state index in [-0.39, 0.29) is 0 Å². The van der Waals surface area contributed by atoms with Crippen molar-refractivity contribution in [1.29, 1.82) is 0 Å². The van der Waals surface area contributed by atoms with E-state index in [0.717, 1.165) is 5.56 Å². The van der Waals surface area contributed by atoms with Crippen molar-refractivity contribution >= 4 is 16.5 Å². The first kappa shape index (κ1) is 8.25. The van der Waals surface area contributed by atoms with E-state index in [1.165, 1.54) is 6.21 Å². The number of hydrogen-bond acceptors (Lipinski definition) is 3. The number of para-hydroxylation sites is 1. The van der Waals surface area contributed by atoms with Gasteiger partial charge in [0.05, 0.1) is 6.21 Å². The Morgan fingerprint density at radius 2 is 2.15 bits per heavy atom. The zero-order valence-corrected chi connectivity index (χ0v) is 7.71. The Bertz CT molecular complexity index is 476. The van der Waals surface area contributed by atoms with E-state index >= 15 is 0 Å². The lowest BCUT2D eigenvalue weighted by Gasteiger charge is -2.12. The van der Waals surface area contributed by atoms with Gasteiger partial charge in [-0.05, 0) is 18.6 Å². The van der Waals surface area contributed by atoms with Crippen molar-refractivity contribution in [3.05, 3.63) is 29.3 Å². The first-order chi connectivity index (χ1) is 6.08. The Morgan fingerprint density at radius 1 is 1.38 bits per heavy atom. The molecule has 1 aromatic carbocycles. The molecule has 0 radical (unpaired) electrons. The van der Waals surface area contributed by atoms with Crippen molar-refractivity contribution in [2.24, 2.45) is 4.40 Å². The standard InChI is InChI=1S/C8H7NO3S/c1-6-3-2-4-7-5-9-13(10,11)12-8(6)7/h2-5H,1H3. The number of nitrogens with zero attached hydrogens (tertiary/aromatic N) is 1. The monoisotopic (exact) mass is 197 g/mol. The van der Waals surface area contributed by atoms with Crippen LogP contribution in [0.1, 0.15) is 11.1 Å². The Balaban J connectivity index is 2.67. The van der Waals surface area contributed by atoms with Gasteiger partial charge in [0, 0.05) is 5.56 Å². The molecule has 1 aliphatic rings. The van der Waals surface area contributed by atoms with Crippen molar-refractivity contribution in [2.45, 2.75) is 6.92 Å². The topological polar surface area (TPSA) is 55.7 Å². The van der Waals surface area contributed by atoms with E-state index in [1.54, 1.807) is 19.1 Å². The summed E-state index contributed by atoms with van der Waals surface area (Å²) in [5.41, 5.74) is 1.47. The molecule has 13 heavy (non-hydrogen) atoms. The molecule has 4 nitrogen and oxygen atoms in total. The van der Waals surface area contributed by atoms with E-state index in [2.05, 4.69) is 4.40 Å². The quantitative estimate of drug-likeness (QED) is 0.624. The molecule has 0 N–H and O–H groups in total. The predicted octanol–water partition coefficient (Wildman–Crippen LogP) is 1.05. The van der Waals surface area contributed by atoms with Crippen LogP contribution in [0.25, 0.3) is 0 Å². The second-order valence-corrected chi connectivity index (χ2v) is 3.97. The first-order valence-corrected chi connectivity index (χ1v) is 5.04. The Kier molecular flexibility index (Phi) is 1.63. The minimum Gasteiger partial charge on any atom is -0.365 e. The van der Waals surface area contributed by atoms with Crippen molar-refractivity contribution < 1.29 is 12.6 Å². The SMILES string of the molecule is Cc1cccc2c1OS(=O)(=O)N=C2. The molecule has 0 bridgehead atoms. The normalized spacial score (nSPS) is 17.6. The van der Waals surface area contributed by atoms with Crippen LogP contribution >= 0.6 is 0 Å². The second-order valence-electron chi connectivity index (χ2n) is 2.74. The molecule has 0 saturated heterocycles. The fourth-order valence-corrected chi connectivity index (χ4v) is 1.86. The first-order valence-electron chi connectivity index (χ1n) is 3.68. The summed E-state index contributed by atoms with van der Waals surface area (Å²) < 4.78 is 29.9. The highest BCUT2D eigenvalue weighted by Gasteiger charge is 2.19. The zero-order valence-electron chi connectivity index (χ0n) is 6.89. The maximum Gasteiger partial charge on any atom is 0.428 e. The summed E-state index contributed by atoms with van der Waals surface area (Å²) in [7, 11) is -3.75. The Labute approximate surface area is 76.1 Å². The third-order valence-corrected chi connectivity index (χ3v) is 2.49. The van der Waals surface area contributed by atoms with Crippen LogP contribution in [-0.4, -0.2) is 14.6 Å². The molecule has 0 saturated carbocycles. The van der Waals surface area contributed by atoms with Gasteiger partial charge in [0.1, 0.15) is 0 Å².